The van der Waals surface area contributed by atoms with Crippen LogP contribution >= 0.6 is 0 Å². The van der Waals surface area contributed by atoms with Gasteiger partial charge in [0.05, 0.1) is 0 Å². The summed E-state index contributed by atoms with van der Waals surface area (Å²) in [7, 11) is 0. The summed E-state index contributed by atoms with van der Waals surface area (Å²) in [5.41, 5.74) is 0. The van der Waals surface area contributed by atoms with Gasteiger partial charge in [-0.15, -0.1) is 0 Å². The molecule has 0 amide bonds. The van der Waals surface area contributed by atoms with Gasteiger partial charge in [-0.25, -0.2) is 5.32 Å². The lowest BCUT2D eigenvalue weighted by molar-refractivity contribution is 0.318. The zero-order chi connectivity index (χ0) is 17.4. The van der Waals surface area contributed by atoms with Crippen LogP contribution in [0, 0.1) is 0 Å². The molecule has 2 aliphatic rings. The second-order valence-electron chi connectivity index (χ2n) is 8.98. The first-order chi connectivity index (χ1) is 12.4. The summed E-state index contributed by atoms with van der Waals surface area (Å²) in [6.07, 6.45) is 31.8. The molecule has 2 aliphatic carbocycles. The average molecular weight is 349 g/mol. The first-order valence-electron chi connectivity index (χ1n) is 12.1. The second-order valence-corrected chi connectivity index (χ2v) is 8.98. The van der Waals surface area contributed by atoms with Crippen LogP contribution < -0.4 is 5.32 Å². The molecule has 2 saturated carbocycles. The van der Waals surface area contributed by atoms with Crippen molar-refractivity contribution in [3.8, 4) is 0 Å². The van der Waals surface area contributed by atoms with Crippen molar-refractivity contribution in [3.63, 3.8) is 0 Å². The molecule has 0 aromatic rings. The zero-order valence-electron chi connectivity index (χ0n) is 17.2. The highest BCUT2D eigenvalue weighted by molar-refractivity contribution is 4.75. The molecule has 1 heteroatoms. The van der Waals surface area contributed by atoms with Crippen molar-refractivity contribution >= 4 is 0 Å². The van der Waals surface area contributed by atoms with Crippen molar-refractivity contribution in [2.75, 3.05) is 0 Å². The Balaban J connectivity index is 1.75. The predicted octanol–water partition coefficient (Wildman–Crippen LogP) is 7.94. The van der Waals surface area contributed by atoms with Crippen molar-refractivity contribution in [1.29, 1.82) is 0 Å². The summed E-state index contributed by atoms with van der Waals surface area (Å²) in [6.45, 7) is 0. The van der Waals surface area contributed by atoms with Crippen LogP contribution in [0.25, 0.3) is 0 Å². The third-order valence-electron chi connectivity index (χ3n) is 6.57. The third-order valence-corrected chi connectivity index (χ3v) is 6.57. The highest BCUT2D eigenvalue weighted by atomic mass is 14.9. The van der Waals surface area contributed by atoms with E-state index in [2.05, 4.69) is 0 Å². The topological polar surface area (TPSA) is 14.1 Å². The minimum absolute atomic E-state index is 0.692. The van der Waals surface area contributed by atoms with Crippen LogP contribution in [0.4, 0.5) is 0 Å². The molecule has 1 radical (unpaired) electrons. The third kappa shape index (κ3) is 11.3. The van der Waals surface area contributed by atoms with E-state index in [1.807, 2.05) is 0 Å². The van der Waals surface area contributed by atoms with E-state index in [0.29, 0.717) is 12.1 Å². The quantitative estimate of drug-likeness (QED) is 0.481. The van der Waals surface area contributed by atoms with Gasteiger partial charge in [0.2, 0.25) is 0 Å². The Labute approximate surface area is 159 Å². The summed E-state index contributed by atoms with van der Waals surface area (Å²) < 4.78 is 0. The maximum atomic E-state index is 5.45. The van der Waals surface area contributed by atoms with Crippen molar-refractivity contribution in [2.45, 2.75) is 153 Å². The Morgan fingerprint density at radius 2 is 0.480 bits per heavy atom. The highest BCUT2D eigenvalue weighted by Crippen LogP contribution is 2.22. The standard InChI is InChI=1S/C24H46N/c1-3-7-11-15-19-23(20-16-12-8-4-1)25-24-21-17-13-9-5-2-6-10-14-18-22-24/h23-24H,1-22H2. The molecule has 0 atom stereocenters. The van der Waals surface area contributed by atoms with Gasteiger partial charge < -0.3 is 0 Å². The SMILES string of the molecule is C1CCCCCC([N]C2CCCCCCCCCCC2)CCCCC1. The van der Waals surface area contributed by atoms with E-state index >= 15 is 0 Å². The maximum Gasteiger partial charge on any atom is 0.0249 e. The van der Waals surface area contributed by atoms with Crippen molar-refractivity contribution < 1.29 is 0 Å². The number of nitrogens with zero attached hydrogens (tertiary/aromatic N) is 1. The molecule has 0 heterocycles. The molecule has 0 saturated heterocycles. The van der Waals surface area contributed by atoms with Crippen LogP contribution in [0.1, 0.15) is 141 Å². The van der Waals surface area contributed by atoms with Crippen molar-refractivity contribution in [2.24, 2.45) is 0 Å². The van der Waals surface area contributed by atoms with Gasteiger partial charge in [-0.1, -0.05) is 116 Å². The van der Waals surface area contributed by atoms with Gasteiger partial charge in [0.15, 0.2) is 0 Å². The summed E-state index contributed by atoms with van der Waals surface area (Å²) in [6, 6.07) is 1.38. The lowest BCUT2D eigenvalue weighted by atomic mass is 9.94. The highest BCUT2D eigenvalue weighted by Gasteiger charge is 2.17. The van der Waals surface area contributed by atoms with Crippen LogP contribution in [0.5, 0.6) is 0 Å². The minimum Gasteiger partial charge on any atom is -0.235 e. The Hall–Kier alpha value is -0.0400. The van der Waals surface area contributed by atoms with Gasteiger partial charge in [-0.05, 0) is 25.7 Å². The van der Waals surface area contributed by atoms with Crippen LogP contribution in [-0.2, 0) is 0 Å². The van der Waals surface area contributed by atoms with Gasteiger partial charge >= 0.3 is 0 Å². The summed E-state index contributed by atoms with van der Waals surface area (Å²) >= 11 is 0. The monoisotopic (exact) mass is 348 g/mol. The normalized spacial score (nSPS) is 25.9. The molecule has 147 valence electrons. The molecule has 0 aliphatic heterocycles. The van der Waals surface area contributed by atoms with E-state index in [0.717, 1.165) is 0 Å². The molecule has 0 unspecified atom stereocenters. The molecule has 0 aromatic heterocycles. The van der Waals surface area contributed by atoms with Crippen LogP contribution in [0.15, 0.2) is 0 Å². The Kier molecular flexibility index (Phi) is 12.8. The van der Waals surface area contributed by atoms with Crippen LogP contribution in [0.3, 0.4) is 0 Å². The average Bonchev–Trinajstić information content (AvgIpc) is 2.59. The van der Waals surface area contributed by atoms with E-state index < -0.39 is 0 Å². The van der Waals surface area contributed by atoms with E-state index in [-0.39, 0.29) is 0 Å². The van der Waals surface area contributed by atoms with E-state index in [1.54, 1.807) is 0 Å². The molecule has 2 rings (SSSR count). The lowest BCUT2D eigenvalue weighted by Crippen LogP contribution is -2.32. The Bertz CT molecular complexity index is 236. The van der Waals surface area contributed by atoms with E-state index in [9.17, 15) is 0 Å². The molecule has 0 aromatic carbocycles. The fraction of sp³-hybridized carbons (Fsp3) is 1.00. The minimum atomic E-state index is 0.692. The summed E-state index contributed by atoms with van der Waals surface area (Å²) in [5, 5.41) is 5.45. The van der Waals surface area contributed by atoms with Gasteiger partial charge in [-0.2, -0.15) is 0 Å². The molecule has 25 heavy (non-hydrogen) atoms. The Morgan fingerprint density at radius 3 is 0.720 bits per heavy atom. The first-order valence-corrected chi connectivity index (χ1v) is 12.1. The van der Waals surface area contributed by atoms with Crippen LogP contribution in [0.2, 0.25) is 0 Å². The van der Waals surface area contributed by atoms with Crippen molar-refractivity contribution in [3.05, 3.63) is 0 Å². The molecule has 0 N–H and O–H groups in total. The summed E-state index contributed by atoms with van der Waals surface area (Å²) in [4.78, 5) is 0. The molecule has 0 bridgehead atoms. The lowest BCUT2D eigenvalue weighted by Gasteiger charge is -2.25. The van der Waals surface area contributed by atoms with Gasteiger partial charge in [0.25, 0.3) is 0 Å². The molecular formula is C24H46N. The van der Waals surface area contributed by atoms with Gasteiger partial charge in [-0.3, -0.25) is 0 Å². The number of hydrogen-bond donors (Lipinski definition) is 0. The fourth-order valence-corrected chi connectivity index (χ4v) is 4.88. The molecular weight excluding hydrogens is 302 g/mol. The van der Waals surface area contributed by atoms with E-state index in [1.165, 1.54) is 141 Å². The maximum absolute atomic E-state index is 5.45. The van der Waals surface area contributed by atoms with E-state index in [4.69, 9.17) is 5.32 Å². The smallest absolute Gasteiger partial charge is 0.0249 e. The number of hydrogen-bond acceptors (Lipinski definition) is 0. The van der Waals surface area contributed by atoms with Crippen LogP contribution in [-0.4, -0.2) is 12.1 Å². The van der Waals surface area contributed by atoms with Gasteiger partial charge in [0, 0.05) is 12.1 Å². The largest absolute Gasteiger partial charge is 0.235 e. The second kappa shape index (κ2) is 15.1. The van der Waals surface area contributed by atoms with Crippen molar-refractivity contribution in [1.82, 2.24) is 5.32 Å². The summed E-state index contributed by atoms with van der Waals surface area (Å²) in [5.74, 6) is 0. The van der Waals surface area contributed by atoms with Gasteiger partial charge in [0.1, 0.15) is 0 Å². The first kappa shape index (κ1) is 21.3. The molecule has 0 spiro atoms. The zero-order valence-corrected chi connectivity index (χ0v) is 17.2. The Morgan fingerprint density at radius 1 is 0.280 bits per heavy atom. The molecule has 1 nitrogen and oxygen atoms in total. The fourth-order valence-electron chi connectivity index (χ4n) is 4.88. The number of rotatable bonds is 2. The molecule has 2 fully saturated rings. The predicted molar refractivity (Wildman–Crippen MR) is 111 cm³/mol.